The van der Waals surface area contributed by atoms with E-state index < -0.39 is 14.2 Å². The molecule has 0 unspecified atom stereocenters. The predicted octanol–water partition coefficient (Wildman–Crippen LogP) is 5.44. The molecule has 4 aromatic carbocycles. The van der Waals surface area contributed by atoms with Crippen molar-refractivity contribution in [1.82, 2.24) is 0 Å². The molecule has 0 fully saturated rings. The minimum absolute atomic E-state index is 0.703. The lowest BCUT2D eigenvalue weighted by Gasteiger charge is -2.28. The van der Waals surface area contributed by atoms with Gasteiger partial charge in [0.1, 0.15) is 0 Å². The van der Waals surface area contributed by atoms with Crippen LogP contribution in [-0.4, -0.2) is 6.43 Å². The van der Waals surface area contributed by atoms with E-state index in [1.165, 1.54) is 21.5 Å². The van der Waals surface area contributed by atoms with Gasteiger partial charge in [-0.3, -0.25) is 0 Å². The normalized spacial score (nSPS) is 9.93. The second-order valence-electron chi connectivity index (χ2n) is 6.71. The molecule has 0 heterocycles. The van der Waals surface area contributed by atoms with Crippen LogP contribution >= 0.6 is 7.80 Å². The maximum absolute atomic E-state index is 2.31. The minimum atomic E-state index is -0.959. The SMILES string of the molecule is CC.CC.c1ccc([BH-](c2ccccc2)[PH+](c2ccccc2)c2ccccc2)cc1. The zero-order chi connectivity index (χ0) is 21.6. The van der Waals surface area contributed by atoms with Crippen LogP contribution in [0.1, 0.15) is 27.7 Å². The van der Waals surface area contributed by atoms with Gasteiger partial charge in [-0.25, -0.2) is 0 Å². The molecule has 0 amide bonds. The summed E-state index contributed by atoms with van der Waals surface area (Å²) in [6.45, 7) is 8.00. The third-order valence-electron chi connectivity index (χ3n) is 5.10. The Morgan fingerprint density at radius 2 is 0.667 bits per heavy atom. The lowest BCUT2D eigenvalue weighted by atomic mass is 9.62. The highest BCUT2D eigenvalue weighted by molar-refractivity contribution is 8.04. The summed E-state index contributed by atoms with van der Waals surface area (Å²) in [5.74, 6) is 0. The molecule has 0 spiro atoms. The fraction of sp³-hybridized carbons (Fsp3) is 0.143. The number of hydrogen-bond donors (Lipinski definition) is 0. The maximum Gasteiger partial charge on any atom is 0.215 e. The van der Waals surface area contributed by atoms with E-state index in [-0.39, 0.29) is 0 Å². The Morgan fingerprint density at radius 3 is 0.967 bits per heavy atom. The fourth-order valence-electron chi connectivity index (χ4n) is 3.92. The summed E-state index contributed by atoms with van der Waals surface area (Å²) in [5, 5.41) is 2.97. The molecule has 4 rings (SSSR count). The summed E-state index contributed by atoms with van der Waals surface area (Å²) in [5.41, 5.74) is 2.94. The molecule has 0 atom stereocenters. The molecule has 2 heteroatoms. The molecule has 0 aliphatic rings. The van der Waals surface area contributed by atoms with Gasteiger partial charge in [-0.2, -0.15) is 10.9 Å². The van der Waals surface area contributed by atoms with E-state index in [9.17, 15) is 0 Å². The van der Waals surface area contributed by atoms with Crippen LogP contribution in [0.4, 0.5) is 0 Å². The van der Waals surface area contributed by atoms with Crippen molar-refractivity contribution in [3.8, 4) is 0 Å². The Bertz CT molecular complexity index is 765. The lowest BCUT2D eigenvalue weighted by Crippen LogP contribution is -2.45. The minimum Gasteiger partial charge on any atom is -0.164 e. The molecule has 0 aliphatic carbocycles. The van der Waals surface area contributed by atoms with E-state index in [2.05, 4.69) is 121 Å². The maximum atomic E-state index is 2.31. The van der Waals surface area contributed by atoms with Gasteiger partial charge in [-0.15, -0.1) is 0 Å². The Labute approximate surface area is 184 Å². The highest BCUT2D eigenvalue weighted by Gasteiger charge is 2.29. The first kappa shape index (κ1) is 23.7. The van der Waals surface area contributed by atoms with Crippen LogP contribution in [-0.2, 0) is 0 Å². The molecule has 4 aromatic rings. The number of rotatable bonds is 5. The van der Waals surface area contributed by atoms with Crippen molar-refractivity contribution in [3.05, 3.63) is 121 Å². The van der Waals surface area contributed by atoms with Crippen LogP contribution in [0.2, 0.25) is 0 Å². The fourth-order valence-corrected chi connectivity index (χ4v) is 7.55. The average molecular weight is 412 g/mol. The molecular formula is C28H34BP. The molecule has 0 aliphatic heterocycles. The Morgan fingerprint density at radius 1 is 0.400 bits per heavy atom. The van der Waals surface area contributed by atoms with Gasteiger partial charge in [-0.1, -0.05) is 133 Å². The number of benzene rings is 4. The summed E-state index contributed by atoms with van der Waals surface area (Å²) in [6, 6.07) is 44.3. The highest BCUT2D eigenvalue weighted by Crippen LogP contribution is 2.36. The van der Waals surface area contributed by atoms with Crippen molar-refractivity contribution in [1.29, 1.82) is 0 Å². The van der Waals surface area contributed by atoms with Crippen LogP contribution in [0, 0.1) is 0 Å². The Kier molecular flexibility index (Phi) is 10.7. The molecule has 0 bridgehead atoms. The Balaban J connectivity index is 0.000000757. The van der Waals surface area contributed by atoms with Gasteiger partial charge in [0.05, 0.1) is 10.6 Å². The lowest BCUT2D eigenvalue weighted by molar-refractivity contribution is 1.50. The van der Waals surface area contributed by atoms with Crippen LogP contribution in [0.3, 0.4) is 0 Å². The van der Waals surface area contributed by atoms with Gasteiger partial charge in [0.15, 0.2) is 0 Å². The van der Waals surface area contributed by atoms with Crippen LogP contribution < -0.4 is 21.5 Å². The van der Waals surface area contributed by atoms with Crippen molar-refractivity contribution in [2.24, 2.45) is 0 Å². The standard InChI is InChI=1S/C24H22BP.2C2H6/c1-5-13-21(14-6-1)25(22-15-7-2-8-16-22)26(23-17-9-3-10-18-23)24-19-11-4-12-20-24;2*1-2/h1-20,25-26H;2*1-2H3. The molecule has 30 heavy (non-hydrogen) atoms. The van der Waals surface area contributed by atoms with Crippen LogP contribution in [0.15, 0.2) is 121 Å². The molecule has 0 radical (unpaired) electrons. The van der Waals surface area contributed by atoms with E-state index in [0.29, 0.717) is 0 Å². The summed E-state index contributed by atoms with van der Waals surface area (Å²) in [6.07, 6.45) is -0.703. The molecule has 0 N–H and O–H groups in total. The molecule has 0 aromatic heterocycles. The Hall–Kier alpha value is -2.63. The summed E-state index contributed by atoms with van der Waals surface area (Å²) < 4.78 is 0. The van der Waals surface area contributed by atoms with E-state index in [0.717, 1.165) is 0 Å². The predicted molar refractivity (Wildman–Crippen MR) is 142 cm³/mol. The van der Waals surface area contributed by atoms with Crippen LogP contribution in [0.5, 0.6) is 0 Å². The van der Waals surface area contributed by atoms with E-state index in [1.807, 2.05) is 27.7 Å². The largest absolute Gasteiger partial charge is 0.215 e. The van der Waals surface area contributed by atoms with Gasteiger partial charge in [-0.05, 0) is 24.3 Å². The van der Waals surface area contributed by atoms with Gasteiger partial charge >= 0.3 is 0 Å². The smallest absolute Gasteiger partial charge is 0.164 e. The van der Waals surface area contributed by atoms with Gasteiger partial charge in [0.25, 0.3) is 0 Å². The van der Waals surface area contributed by atoms with Crippen molar-refractivity contribution in [3.63, 3.8) is 0 Å². The van der Waals surface area contributed by atoms with Gasteiger partial charge in [0.2, 0.25) is 6.43 Å². The zero-order valence-electron chi connectivity index (χ0n) is 18.8. The van der Waals surface area contributed by atoms with Crippen molar-refractivity contribution in [2.75, 3.05) is 0 Å². The van der Waals surface area contributed by atoms with Crippen molar-refractivity contribution < 1.29 is 0 Å². The first-order valence-corrected chi connectivity index (χ1v) is 12.9. The topological polar surface area (TPSA) is 0 Å². The molecule has 0 nitrogen and oxygen atoms in total. The zero-order valence-corrected chi connectivity index (χ0v) is 19.8. The molecular weight excluding hydrogens is 378 g/mol. The second-order valence-corrected chi connectivity index (χ2v) is 9.53. The quantitative estimate of drug-likeness (QED) is 0.302. The van der Waals surface area contributed by atoms with E-state index in [4.69, 9.17) is 0 Å². The third kappa shape index (κ3) is 6.18. The molecule has 154 valence electrons. The van der Waals surface area contributed by atoms with Crippen LogP contribution in [0.25, 0.3) is 0 Å². The molecule has 0 saturated heterocycles. The average Bonchev–Trinajstić information content (AvgIpc) is 2.87. The van der Waals surface area contributed by atoms with Crippen molar-refractivity contribution >= 4 is 35.8 Å². The first-order chi connectivity index (χ1) is 14.9. The second kappa shape index (κ2) is 13.6. The van der Waals surface area contributed by atoms with E-state index >= 15 is 0 Å². The van der Waals surface area contributed by atoms with Gasteiger partial charge in [0, 0.05) is 0 Å². The monoisotopic (exact) mass is 412 g/mol. The summed E-state index contributed by atoms with van der Waals surface area (Å²) >= 11 is 0. The third-order valence-corrected chi connectivity index (χ3v) is 8.68. The number of hydrogen-bond acceptors (Lipinski definition) is 0. The van der Waals surface area contributed by atoms with Crippen molar-refractivity contribution in [2.45, 2.75) is 27.7 Å². The van der Waals surface area contributed by atoms with Gasteiger partial charge < -0.3 is 0 Å². The van der Waals surface area contributed by atoms with E-state index in [1.54, 1.807) is 0 Å². The molecule has 0 saturated carbocycles. The summed E-state index contributed by atoms with van der Waals surface area (Å²) in [7, 11) is -0.959. The summed E-state index contributed by atoms with van der Waals surface area (Å²) in [4.78, 5) is 0. The first-order valence-electron chi connectivity index (χ1n) is 11.2. The highest BCUT2D eigenvalue weighted by atomic mass is 31.1.